The Morgan fingerprint density at radius 1 is 1.12 bits per heavy atom. The molecule has 2 N–H and O–H groups in total. The van der Waals surface area contributed by atoms with Gasteiger partial charge in [0.05, 0.1) is 10.7 Å². The van der Waals surface area contributed by atoms with Gasteiger partial charge in [0.1, 0.15) is 12.1 Å². The van der Waals surface area contributed by atoms with E-state index in [-0.39, 0.29) is 6.54 Å². The number of para-hydroxylation sites is 1. The Morgan fingerprint density at radius 3 is 2.42 bits per heavy atom. The van der Waals surface area contributed by atoms with Gasteiger partial charge in [0.15, 0.2) is 0 Å². The average Bonchev–Trinajstić information content (AvgIpc) is 2.89. The van der Waals surface area contributed by atoms with Crippen molar-refractivity contribution in [3.8, 4) is 0 Å². The maximum absolute atomic E-state index is 13.0. The van der Waals surface area contributed by atoms with Crippen molar-refractivity contribution in [1.29, 1.82) is 0 Å². The molecule has 2 aromatic rings. The number of imide groups is 1. The zero-order valence-corrected chi connectivity index (χ0v) is 14.9. The van der Waals surface area contributed by atoms with Crippen LogP contribution in [0.1, 0.15) is 18.9 Å². The molecule has 1 heterocycles. The lowest BCUT2D eigenvalue weighted by Crippen LogP contribution is -2.44. The molecule has 1 aliphatic rings. The van der Waals surface area contributed by atoms with E-state index in [0.29, 0.717) is 22.7 Å². The van der Waals surface area contributed by atoms with Crippen LogP contribution in [-0.2, 0) is 15.1 Å². The Hall–Kier alpha value is -2.86. The smallest absolute Gasteiger partial charge is 0.323 e. The normalized spacial score (nSPS) is 19.4. The fourth-order valence-corrected chi connectivity index (χ4v) is 3.21. The van der Waals surface area contributed by atoms with Crippen LogP contribution in [0.5, 0.6) is 0 Å². The lowest BCUT2D eigenvalue weighted by Gasteiger charge is -2.25. The Kier molecular flexibility index (Phi) is 4.95. The topological polar surface area (TPSA) is 78.5 Å². The number of carbonyl (C=O) groups is 3. The molecule has 1 atom stereocenters. The van der Waals surface area contributed by atoms with E-state index in [1.54, 1.807) is 48.5 Å². The van der Waals surface area contributed by atoms with Crippen LogP contribution < -0.4 is 10.6 Å². The van der Waals surface area contributed by atoms with E-state index in [1.807, 2.05) is 13.0 Å². The van der Waals surface area contributed by atoms with E-state index in [0.717, 1.165) is 4.90 Å². The van der Waals surface area contributed by atoms with Gasteiger partial charge in [-0.1, -0.05) is 61.0 Å². The summed E-state index contributed by atoms with van der Waals surface area (Å²) in [5.74, 6) is -0.938. The van der Waals surface area contributed by atoms with Crippen molar-refractivity contribution in [2.75, 3.05) is 11.9 Å². The number of rotatable bonds is 5. The zero-order chi connectivity index (χ0) is 18.7. The fraction of sp³-hybridized carbons (Fsp3) is 0.211. The summed E-state index contributed by atoms with van der Waals surface area (Å²) in [6.07, 6.45) is 0.379. The molecule has 0 spiro atoms. The van der Waals surface area contributed by atoms with Crippen molar-refractivity contribution >= 4 is 35.1 Å². The number of hydrogen-bond donors (Lipinski definition) is 2. The van der Waals surface area contributed by atoms with E-state index in [4.69, 9.17) is 11.6 Å². The summed E-state index contributed by atoms with van der Waals surface area (Å²) in [5, 5.41) is 5.74. The van der Waals surface area contributed by atoms with Gasteiger partial charge in [-0.3, -0.25) is 14.5 Å². The van der Waals surface area contributed by atoms with E-state index >= 15 is 0 Å². The van der Waals surface area contributed by atoms with Gasteiger partial charge in [-0.05, 0) is 24.1 Å². The molecule has 0 aromatic heterocycles. The first-order chi connectivity index (χ1) is 12.5. The first-order valence-corrected chi connectivity index (χ1v) is 8.60. The second-order valence-corrected chi connectivity index (χ2v) is 6.38. The Labute approximate surface area is 156 Å². The van der Waals surface area contributed by atoms with Crippen LogP contribution in [-0.4, -0.2) is 29.3 Å². The first kappa shape index (κ1) is 17.9. The lowest BCUT2D eigenvalue weighted by atomic mass is 9.87. The molecule has 26 heavy (non-hydrogen) atoms. The summed E-state index contributed by atoms with van der Waals surface area (Å²) < 4.78 is 0. The molecule has 2 aromatic carbocycles. The molecule has 0 bridgehead atoms. The lowest BCUT2D eigenvalue weighted by molar-refractivity contribution is -0.134. The van der Waals surface area contributed by atoms with Gasteiger partial charge in [-0.2, -0.15) is 0 Å². The SMILES string of the molecule is CC[C@]1(c2ccccc2)NC(=O)N(CC(=O)Nc2ccccc2Cl)C1=O. The van der Waals surface area contributed by atoms with Crippen LogP contribution >= 0.6 is 11.6 Å². The minimum absolute atomic E-state index is 0.379. The van der Waals surface area contributed by atoms with E-state index in [2.05, 4.69) is 10.6 Å². The van der Waals surface area contributed by atoms with Crippen molar-refractivity contribution in [1.82, 2.24) is 10.2 Å². The highest BCUT2D eigenvalue weighted by atomic mass is 35.5. The van der Waals surface area contributed by atoms with Crippen LogP contribution in [0.25, 0.3) is 0 Å². The van der Waals surface area contributed by atoms with Gasteiger partial charge in [0.2, 0.25) is 5.91 Å². The summed E-state index contributed by atoms with van der Waals surface area (Å²) in [6, 6.07) is 15.2. The van der Waals surface area contributed by atoms with Gasteiger partial charge in [-0.25, -0.2) is 4.79 Å². The molecule has 1 saturated heterocycles. The number of benzene rings is 2. The quantitative estimate of drug-likeness (QED) is 0.792. The molecule has 0 unspecified atom stereocenters. The molecule has 7 heteroatoms. The standard InChI is InChI=1S/C19H18ClN3O3/c1-2-19(13-8-4-3-5-9-13)17(25)23(18(26)22-19)12-16(24)21-15-11-7-6-10-14(15)20/h3-11H,2,12H2,1H3,(H,21,24)(H,22,26)/t19-/m1/s1. The molecule has 0 radical (unpaired) electrons. The predicted octanol–water partition coefficient (Wildman–Crippen LogP) is 3.14. The average molecular weight is 372 g/mol. The highest BCUT2D eigenvalue weighted by molar-refractivity contribution is 6.33. The maximum Gasteiger partial charge on any atom is 0.325 e. The van der Waals surface area contributed by atoms with E-state index < -0.39 is 23.4 Å². The Balaban J connectivity index is 1.79. The van der Waals surface area contributed by atoms with Crippen LogP contribution in [0.4, 0.5) is 10.5 Å². The highest BCUT2D eigenvalue weighted by Gasteiger charge is 2.51. The third-order valence-corrected chi connectivity index (χ3v) is 4.75. The predicted molar refractivity (Wildman–Crippen MR) is 98.7 cm³/mol. The summed E-state index contributed by atoms with van der Waals surface area (Å²) >= 11 is 6.02. The number of urea groups is 1. The van der Waals surface area contributed by atoms with Crippen molar-refractivity contribution in [2.45, 2.75) is 18.9 Å². The summed E-state index contributed by atoms with van der Waals surface area (Å²) in [6.45, 7) is 1.43. The molecule has 6 nitrogen and oxygen atoms in total. The Morgan fingerprint density at radius 2 is 1.77 bits per heavy atom. The number of nitrogens with zero attached hydrogens (tertiary/aromatic N) is 1. The largest absolute Gasteiger partial charge is 0.325 e. The fourth-order valence-electron chi connectivity index (χ4n) is 3.03. The van der Waals surface area contributed by atoms with Crippen LogP contribution in [0.15, 0.2) is 54.6 Å². The highest BCUT2D eigenvalue weighted by Crippen LogP contribution is 2.32. The molecule has 0 aliphatic carbocycles. The number of nitrogens with one attached hydrogen (secondary N) is 2. The molecule has 134 valence electrons. The van der Waals surface area contributed by atoms with Gasteiger partial charge in [0, 0.05) is 0 Å². The molecule has 0 saturated carbocycles. The van der Waals surface area contributed by atoms with Crippen LogP contribution in [0.2, 0.25) is 5.02 Å². The molecule has 1 aliphatic heterocycles. The van der Waals surface area contributed by atoms with Crippen molar-refractivity contribution in [3.63, 3.8) is 0 Å². The summed E-state index contributed by atoms with van der Waals surface area (Å²) in [5.41, 5.74) is -0.0332. The number of amides is 4. The molecule has 1 fully saturated rings. The van der Waals surface area contributed by atoms with E-state index in [9.17, 15) is 14.4 Å². The van der Waals surface area contributed by atoms with Crippen molar-refractivity contribution < 1.29 is 14.4 Å². The zero-order valence-electron chi connectivity index (χ0n) is 14.2. The number of anilines is 1. The monoisotopic (exact) mass is 371 g/mol. The van der Waals surface area contributed by atoms with Gasteiger partial charge in [-0.15, -0.1) is 0 Å². The third kappa shape index (κ3) is 3.15. The molecule has 3 rings (SSSR count). The summed E-state index contributed by atoms with van der Waals surface area (Å²) in [7, 11) is 0. The van der Waals surface area contributed by atoms with E-state index in [1.165, 1.54) is 0 Å². The van der Waals surface area contributed by atoms with Crippen molar-refractivity contribution in [2.24, 2.45) is 0 Å². The van der Waals surface area contributed by atoms with Gasteiger partial charge in [0.25, 0.3) is 5.91 Å². The van der Waals surface area contributed by atoms with Crippen LogP contribution in [0.3, 0.4) is 0 Å². The van der Waals surface area contributed by atoms with Crippen molar-refractivity contribution in [3.05, 3.63) is 65.2 Å². The molecular formula is C19H18ClN3O3. The first-order valence-electron chi connectivity index (χ1n) is 8.22. The number of halogens is 1. The minimum atomic E-state index is -1.15. The summed E-state index contributed by atoms with van der Waals surface area (Å²) in [4.78, 5) is 38.6. The molecule has 4 amide bonds. The van der Waals surface area contributed by atoms with Gasteiger partial charge >= 0.3 is 6.03 Å². The maximum atomic E-state index is 13.0. The van der Waals surface area contributed by atoms with Gasteiger partial charge < -0.3 is 10.6 Å². The number of carbonyl (C=O) groups excluding carboxylic acids is 3. The second-order valence-electron chi connectivity index (χ2n) is 5.97. The third-order valence-electron chi connectivity index (χ3n) is 4.42. The van der Waals surface area contributed by atoms with Crippen LogP contribution in [0, 0.1) is 0 Å². The number of hydrogen-bond acceptors (Lipinski definition) is 3. The Bertz CT molecular complexity index is 856. The minimum Gasteiger partial charge on any atom is -0.323 e. The second kappa shape index (κ2) is 7.17. The molecular weight excluding hydrogens is 354 g/mol.